The number of rotatable bonds is 3. The van der Waals surface area contributed by atoms with E-state index in [9.17, 15) is 5.26 Å². The molecule has 0 unspecified atom stereocenters. The molecule has 0 atom stereocenters. The van der Waals surface area contributed by atoms with Gasteiger partial charge in [-0.2, -0.15) is 5.26 Å². The third-order valence-corrected chi connectivity index (χ3v) is 3.67. The molecule has 1 aliphatic rings. The number of anilines is 1. The molecule has 0 aliphatic carbocycles. The van der Waals surface area contributed by atoms with E-state index in [2.05, 4.69) is 22.8 Å². The zero-order valence-electron chi connectivity index (χ0n) is 10.7. The van der Waals surface area contributed by atoms with E-state index in [0.29, 0.717) is 10.6 Å². The molecular formula is C14H18ClN3. The largest absolute Gasteiger partial charge is 0.368 e. The summed E-state index contributed by atoms with van der Waals surface area (Å²) in [7, 11) is 0. The quantitative estimate of drug-likeness (QED) is 0.840. The van der Waals surface area contributed by atoms with Gasteiger partial charge in [-0.05, 0) is 25.1 Å². The van der Waals surface area contributed by atoms with E-state index in [4.69, 9.17) is 11.6 Å². The van der Waals surface area contributed by atoms with Gasteiger partial charge in [0, 0.05) is 26.2 Å². The van der Waals surface area contributed by atoms with Crippen LogP contribution < -0.4 is 4.90 Å². The van der Waals surface area contributed by atoms with Gasteiger partial charge in [0.25, 0.3) is 0 Å². The van der Waals surface area contributed by atoms with Gasteiger partial charge in [-0.1, -0.05) is 24.6 Å². The normalized spacial score (nSPS) is 16.6. The van der Waals surface area contributed by atoms with Crippen LogP contribution in [-0.2, 0) is 0 Å². The second-order valence-electron chi connectivity index (χ2n) is 4.57. The molecule has 1 saturated heterocycles. The van der Waals surface area contributed by atoms with Crippen molar-refractivity contribution in [2.75, 3.05) is 37.6 Å². The molecule has 96 valence electrons. The fourth-order valence-electron chi connectivity index (χ4n) is 2.42. The minimum absolute atomic E-state index is 0.547. The van der Waals surface area contributed by atoms with E-state index in [-0.39, 0.29) is 0 Å². The molecule has 2 rings (SSSR count). The van der Waals surface area contributed by atoms with Crippen molar-refractivity contribution < 1.29 is 0 Å². The van der Waals surface area contributed by atoms with E-state index >= 15 is 0 Å². The van der Waals surface area contributed by atoms with Crippen LogP contribution in [0.2, 0.25) is 5.02 Å². The first-order valence-corrected chi connectivity index (χ1v) is 6.80. The molecule has 4 heteroatoms. The van der Waals surface area contributed by atoms with E-state index in [0.717, 1.165) is 38.4 Å². The number of hydrogen-bond acceptors (Lipinski definition) is 3. The monoisotopic (exact) mass is 263 g/mol. The lowest BCUT2D eigenvalue weighted by Crippen LogP contribution is -2.46. The SMILES string of the molecule is CCCN1CCN(c2cccc(Cl)c2C#N)CC1. The molecule has 0 radical (unpaired) electrons. The van der Waals surface area contributed by atoms with E-state index in [1.54, 1.807) is 6.07 Å². The smallest absolute Gasteiger partial charge is 0.103 e. The van der Waals surface area contributed by atoms with Gasteiger partial charge in [-0.15, -0.1) is 0 Å². The second kappa shape index (κ2) is 6.08. The van der Waals surface area contributed by atoms with Gasteiger partial charge in [0.1, 0.15) is 6.07 Å². The van der Waals surface area contributed by atoms with Gasteiger partial charge in [-0.25, -0.2) is 0 Å². The predicted molar refractivity (Wildman–Crippen MR) is 75.1 cm³/mol. The maximum atomic E-state index is 9.19. The Hall–Kier alpha value is -1.24. The molecule has 0 saturated carbocycles. The highest BCUT2D eigenvalue weighted by Crippen LogP contribution is 2.27. The zero-order valence-corrected chi connectivity index (χ0v) is 11.5. The number of halogens is 1. The van der Waals surface area contributed by atoms with E-state index < -0.39 is 0 Å². The Labute approximate surface area is 114 Å². The molecule has 1 fully saturated rings. The van der Waals surface area contributed by atoms with Crippen molar-refractivity contribution in [3.05, 3.63) is 28.8 Å². The molecule has 1 aromatic rings. The molecule has 3 nitrogen and oxygen atoms in total. The minimum Gasteiger partial charge on any atom is -0.368 e. The third-order valence-electron chi connectivity index (χ3n) is 3.36. The Morgan fingerprint density at radius 3 is 2.61 bits per heavy atom. The van der Waals surface area contributed by atoms with Crippen LogP contribution in [0, 0.1) is 11.3 Å². The van der Waals surface area contributed by atoms with Crippen molar-refractivity contribution in [2.45, 2.75) is 13.3 Å². The predicted octanol–water partition coefficient (Wildman–Crippen LogP) is 2.74. The van der Waals surface area contributed by atoms with Crippen molar-refractivity contribution in [1.29, 1.82) is 5.26 Å². The summed E-state index contributed by atoms with van der Waals surface area (Å²) in [5.74, 6) is 0. The standard InChI is InChI=1S/C14H18ClN3/c1-2-6-17-7-9-18(10-8-17)14-5-3-4-13(15)12(14)11-16/h3-5H,2,6-10H2,1H3. The number of nitriles is 1. The van der Waals surface area contributed by atoms with Crippen molar-refractivity contribution in [2.24, 2.45) is 0 Å². The van der Waals surface area contributed by atoms with E-state index in [1.165, 1.54) is 6.42 Å². The van der Waals surface area contributed by atoms with Crippen LogP contribution in [0.5, 0.6) is 0 Å². The number of nitrogens with zero attached hydrogens (tertiary/aromatic N) is 3. The molecule has 1 heterocycles. The fourth-order valence-corrected chi connectivity index (χ4v) is 2.63. The Morgan fingerprint density at radius 2 is 2.00 bits per heavy atom. The lowest BCUT2D eigenvalue weighted by molar-refractivity contribution is 0.258. The average Bonchev–Trinajstić information content (AvgIpc) is 2.40. The molecule has 0 bridgehead atoms. The molecule has 1 aromatic carbocycles. The summed E-state index contributed by atoms with van der Waals surface area (Å²) < 4.78 is 0. The third kappa shape index (κ3) is 2.77. The van der Waals surface area contributed by atoms with Gasteiger partial charge in [0.2, 0.25) is 0 Å². The summed E-state index contributed by atoms with van der Waals surface area (Å²) in [6.45, 7) is 7.42. The number of benzene rings is 1. The van der Waals surface area contributed by atoms with Crippen LogP contribution in [0.25, 0.3) is 0 Å². The Balaban J connectivity index is 2.10. The topological polar surface area (TPSA) is 30.3 Å². The van der Waals surface area contributed by atoms with Crippen molar-refractivity contribution in [3.63, 3.8) is 0 Å². The molecule has 1 aliphatic heterocycles. The summed E-state index contributed by atoms with van der Waals surface area (Å²) in [6.07, 6.45) is 1.20. The lowest BCUT2D eigenvalue weighted by Gasteiger charge is -2.36. The summed E-state index contributed by atoms with van der Waals surface area (Å²) in [6, 6.07) is 7.88. The van der Waals surface area contributed by atoms with Crippen molar-refractivity contribution in [1.82, 2.24) is 4.90 Å². The molecule has 18 heavy (non-hydrogen) atoms. The van der Waals surface area contributed by atoms with Gasteiger partial charge < -0.3 is 4.90 Å². The minimum atomic E-state index is 0.547. The Morgan fingerprint density at radius 1 is 1.28 bits per heavy atom. The average molecular weight is 264 g/mol. The highest BCUT2D eigenvalue weighted by Gasteiger charge is 2.19. The number of hydrogen-bond donors (Lipinski definition) is 0. The van der Waals surface area contributed by atoms with Crippen LogP contribution in [0.3, 0.4) is 0 Å². The summed E-state index contributed by atoms with van der Waals surface area (Å²) in [4.78, 5) is 4.73. The summed E-state index contributed by atoms with van der Waals surface area (Å²) in [5.41, 5.74) is 1.57. The van der Waals surface area contributed by atoms with Gasteiger partial charge in [0.05, 0.1) is 16.3 Å². The maximum absolute atomic E-state index is 9.19. The molecule has 0 aromatic heterocycles. The van der Waals surface area contributed by atoms with Gasteiger partial charge >= 0.3 is 0 Å². The van der Waals surface area contributed by atoms with Crippen molar-refractivity contribution in [3.8, 4) is 6.07 Å². The first-order chi connectivity index (χ1) is 8.76. The first kappa shape index (κ1) is 13.2. The molecular weight excluding hydrogens is 246 g/mol. The molecule has 0 spiro atoms. The van der Waals surface area contributed by atoms with E-state index in [1.807, 2.05) is 12.1 Å². The van der Waals surface area contributed by atoms with Crippen LogP contribution in [0.15, 0.2) is 18.2 Å². The maximum Gasteiger partial charge on any atom is 0.103 e. The van der Waals surface area contributed by atoms with Crippen LogP contribution >= 0.6 is 11.6 Å². The number of piperazine rings is 1. The van der Waals surface area contributed by atoms with Crippen LogP contribution in [0.4, 0.5) is 5.69 Å². The van der Waals surface area contributed by atoms with Gasteiger partial charge in [-0.3, -0.25) is 4.90 Å². The molecule has 0 N–H and O–H groups in total. The summed E-state index contributed by atoms with van der Waals surface area (Å²) in [5, 5.41) is 9.74. The van der Waals surface area contributed by atoms with Crippen LogP contribution in [-0.4, -0.2) is 37.6 Å². The van der Waals surface area contributed by atoms with Crippen molar-refractivity contribution >= 4 is 17.3 Å². The highest BCUT2D eigenvalue weighted by molar-refractivity contribution is 6.32. The first-order valence-electron chi connectivity index (χ1n) is 6.42. The zero-order chi connectivity index (χ0) is 13.0. The highest BCUT2D eigenvalue weighted by atomic mass is 35.5. The Bertz CT molecular complexity index is 445. The summed E-state index contributed by atoms with van der Waals surface area (Å²) >= 11 is 6.07. The molecule has 0 amide bonds. The Kier molecular flexibility index (Phi) is 4.46. The second-order valence-corrected chi connectivity index (χ2v) is 4.98. The van der Waals surface area contributed by atoms with Crippen LogP contribution in [0.1, 0.15) is 18.9 Å². The fraction of sp³-hybridized carbons (Fsp3) is 0.500. The van der Waals surface area contributed by atoms with Gasteiger partial charge in [0.15, 0.2) is 0 Å². The lowest BCUT2D eigenvalue weighted by atomic mass is 10.1.